The molecule has 0 saturated carbocycles. The van der Waals surface area contributed by atoms with Crippen LogP contribution in [0.1, 0.15) is 25.8 Å². The lowest BCUT2D eigenvalue weighted by atomic mass is 9.99. The predicted molar refractivity (Wildman–Crippen MR) is 70.4 cm³/mol. The molecule has 0 aliphatic heterocycles. The SMILES string of the molecule is CCC(C)(N)C(=O)Nc1ccc(C)c(Br)c1. The van der Waals surface area contributed by atoms with E-state index in [-0.39, 0.29) is 5.91 Å². The van der Waals surface area contributed by atoms with Crippen LogP contribution in [0.5, 0.6) is 0 Å². The predicted octanol–water partition coefficient (Wildman–Crippen LogP) is 2.82. The summed E-state index contributed by atoms with van der Waals surface area (Å²) in [7, 11) is 0. The third kappa shape index (κ3) is 3.06. The van der Waals surface area contributed by atoms with Crippen molar-refractivity contribution in [2.24, 2.45) is 5.73 Å². The van der Waals surface area contributed by atoms with Crippen molar-refractivity contribution in [3.63, 3.8) is 0 Å². The van der Waals surface area contributed by atoms with Crippen LogP contribution < -0.4 is 11.1 Å². The van der Waals surface area contributed by atoms with E-state index in [2.05, 4.69) is 21.2 Å². The first-order valence-corrected chi connectivity index (χ1v) is 6.02. The molecule has 1 rings (SSSR count). The second-order valence-corrected chi connectivity index (χ2v) is 5.04. The highest BCUT2D eigenvalue weighted by atomic mass is 79.9. The van der Waals surface area contributed by atoms with Crippen LogP contribution in [0.3, 0.4) is 0 Å². The lowest BCUT2D eigenvalue weighted by Crippen LogP contribution is -2.47. The molecule has 0 heterocycles. The Hall–Kier alpha value is -0.870. The summed E-state index contributed by atoms with van der Waals surface area (Å²) in [5, 5.41) is 2.81. The summed E-state index contributed by atoms with van der Waals surface area (Å²) in [6, 6.07) is 5.68. The number of anilines is 1. The van der Waals surface area contributed by atoms with Crippen molar-refractivity contribution < 1.29 is 4.79 Å². The number of carbonyl (C=O) groups is 1. The number of aryl methyl sites for hydroxylation is 1. The summed E-state index contributed by atoms with van der Waals surface area (Å²) in [6.07, 6.45) is 0.603. The van der Waals surface area contributed by atoms with E-state index >= 15 is 0 Å². The summed E-state index contributed by atoms with van der Waals surface area (Å²) in [6.45, 7) is 5.62. The monoisotopic (exact) mass is 284 g/mol. The van der Waals surface area contributed by atoms with Crippen molar-refractivity contribution in [1.82, 2.24) is 0 Å². The van der Waals surface area contributed by atoms with Crippen LogP contribution in [-0.4, -0.2) is 11.4 Å². The van der Waals surface area contributed by atoms with E-state index in [0.717, 1.165) is 15.7 Å². The van der Waals surface area contributed by atoms with Gasteiger partial charge in [-0.15, -0.1) is 0 Å². The number of hydrogen-bond donors (Lipinski definition) is 2. The topological polar surface area (TPSA) is 55.1 Å². The number of halogens is 1. The Balaban J connectivity index is 2.82. The van der Waals surface area contributed by atoms with Gasteiger partial charge in [0.05, 0.1) is 5.54 Å². The Bertz CT molecular complexity index is 402. The normalized spacial score (nSPS) is 14.3. The summed E-state index contributed by atoms with van der Waals surface area (Å²) in [5.74, 6) is -0.161. The van der Waals surface area contributed by atoms with Crippen molar-refractivity contribution in [2.75, 3.05) is 5.32 Å². The lowest BCUT2D eigenvalue weighted by Gasteiger charge is -2.21. The molecule has 3 nitrogen and oxygen atoms in total. The van der Waals surface area contributed by atoms with Gasteiger partial charge in [-0.05, 0) is 38.0 Å². The Morgan fingerprint density at radius 1 is 1.56 bits per heavy atom. The van der Waals surface area contributed by atoms with Crippen LogP contribution in [0.4, 0.5) is 5.69 Å². The molecule has 0 saturated heterocycles. The van der Waals surface area contributed by atoms with E-state index in [9.17, 15) is 4.79 Å². The van der Waals surface area contributed by atoms with Crippen molar-refractivity contribution in [2.45, 2.75) is 32.7 Å². The fraction of sp³-hybridized carbons (Fsp3) is 0.417. The molecular formula is C12H17BrN2O. The van der Waals surface area contributed by atoms with Crippen molar-refractivity contribution >= 4 is 27.5 Å². The van der Waals surface area contributed by atoms with Gasteiger partial charge in [-0.3, -0.25) is 4.79 Å². The van der Waals surface area contributed by atoms with Gasteiger partial charge >= 0.3 is 0 Å². The standard InChI is InChI=1S/C12H17BrN2O/c1-4-12(3,14)11(16)15-9-6-5-8(2)10(13)7-9/h5-7H,4,14H2,1-3H3,(H,15,16). The average molecular weight is 285 g/mol. The van der Waals surface area contributed by atoms with E-state index in [1.54, 1.807) is 6.92 Å². The molecule has 1 amide bonds. The number of carbonyl (C=O) groups excluding carboxylic acids is 1. The van der Waals surface area contributed by atoms with Crippen molar-refractivity contribution in [3.8, 4) is 0 Å². The number of amides is 1. The summed E-state index contributed by atoms with van der Waals surface area (Å²) < 4.78 is 0.973. The molecule has 0 fully saturated rings. The van der Waals surface area contributed by atoms with Gasteiger partial charge < -0.3 is 11.1 Å². The van der Waals surface area contributed by atoms with Crippen molar-refractivity contribution in [3.05, 3.63) is 28.2 Å². The third-order valence-electron chi connectivity index (χ3n) is 2.68. The average Bonchev–Trinajstić information content (AvgIpc) is 2.23. The highest BCUT2D eigenvalue weighted by Crippen LogP contribution is 2.21. The molecule has 16 heavy (non-hydrogen) atoms. The van der Waals surface area contributed by atoms with E-state index < -0.39 is 5.54 Å². The number of nitrogens with one attached hydrogen (secondary N) is 1. The first-order chi connectivity index (χ1) is 7.36. The van der Waals surface area contributed by atoms with E-state index in [1.165, 1.54) is 0 Å². The lowest BCUT2D eigenvalue weighted by molar-refractivity contribution is -0.120. The van der Waals surface area contributed by atoms with Gasteiger partial charge in [0.2, 0.25) is 5.91 Å². The largest absolute Gasteiger partial charge is 0.324 e. The zero-order valence-electron chi connectivity index (χ0n) is 9.80. The van der Waals surface area contributed by atoms with Crippen LogP contribution in [0.2, 0.25) is 0 Å². The molecule has 0 radical (unpaired) electrons. The van der Waals surface area contributed by atoms with Crippen LogP contribution in [0.15, 0.2) is 22.7 Å². The molecule has 4 heteroatoms. The van der Waals surface area contributed by atoms with E-state index in [0.29, 0.717) is 6.42 Å². The molecule has 1 unspecified atom stereocenters. The van der Waals surface area contributed by atoms with Gasteiger partial charge in [-0.25, -0.2) is 0 Å². The zero-order valence-corrected chi connectivity index (χ0v) is 11.4. The Morgan fingerprint density at radius 3 is 2.69 bits per heavy atom. The van der Waals surface area contributed by atoms with Crippen LogP contribution in [0, 0.1) is 6.92 Å². The van der Waals surface area contributed by atoms with Crippen LogP contribution in [-0.2, 0) is 4.79 Å². The minimum Gasteiger partial charge on any atom is -0.324 e. The highest BCUT2D eigenvalue weighted by Gasteiger charge is 2.25. The smallest absolute Gasteiger partial charge is 0.244 e. The Labute approximate surface area is 105 Å². The quantitative estimate of drug-likeness (QED) is 0.897. The molecular weight excluding hydrogens is 268 g/mol. The maximum Gasteiger partial charge on any atom is 0.244 e. The van der Waals surface area contributed by atoms with Gasteiger partial charge in [0.15, 0.2) is 0 Å². The minimum atomic E-state index is -0.822. The van der Waals surface area contributed by atoms with E-state index in [1.807, 2.05) is 32.0 Å². The molecule has 0 aromatic heterocycles. The first-order valence-electron chi connectivity index (χ1n) is 5.23. The molecule has 0 aliphatic carbocycles. The van der Waals surface area contributed by atoms with E-state index in [4.69, 9.17) is 5.73 Å². The maximum absolute atomic E-state index is 11.8. The molecule has 1 aromatic carbocycles. The Kier molecular flexibility index (Phi) is 4.10. The van der Waals surface area contributed by atoms with Gasteiger partial charge in [0.25, 0.3) is 0 Å². The van der Waals surface area contributed by atoms with Crippen molar-refractivity contribution in [1.29, 1.82) is 0 Å². The molecule has 0 bridgehead atoms. The molecule has 0 aliphatic rings. The Morgan fingerprint density at radius 2 is 2.19 bits per heavy atom. The number of hydrogen-bond acceptors (Lipinski definition) is 2. The molecule has 88 valence electrons. The number of nitrogens with two attached hydrogens (primary N) is 1. The number of rotatable bonds is 3. The fourth-order valence-electron chi connectivity index (χ4n) is 1.11. The van der Waals surface area contributed by atoms with Gasteiger partial charge in [-0.1, -0.05) is 28.9 Å². The van der Waals surface area contributed by atoms with Gasteiger partial charge in [0, 0.05) is 10.2 Å². The molecule has 1 atom stereocenters. The minimum absolute atomic E-state index is 0.161. The molecule has 1 aromatic rings. The second kappa shape index (κ2) is 4.97. The first kappa shape index (κ1) is 13.2. The highest BCUT2D eigenvalue weighted by molar-refractivity contribution is 9.10. The summed E-state index contributed by atoms with van der Waals surface area (Å²) >= 11 is 3.42. The van der Waals surface area contributed by atoms with Crippen LogP contribution in [0.25, 0.3) is 0 Å². The third-order valence-corrected chi connectivity index (χ3v) is 3.54. The molecule has 3 N–H and O–H groups in total. The summed E-state index contributed by atoms with van der Waals surface area (Å²) in [4.78, 5) is 11.8. The summed E-state index contributed by atoms with van der Waals surface area (Å²) in [5.41, 5.74) is 6.92. The zero-order chi connectivity index (χ0) is 12.3. The fourth-order valence-corrected chi connectivity index (χ4v) is 1.48. The van der Waals surface area contributed by atoms with Crippen LogP contribution >= 0.6 is 15.9 Å². The second-order valence-electron chi connectivity index (χ2n) is 4.19. The number of benzene rings is 1. The van der Waals surface area contributed by atoms with Gasteiger partial charge in [0.1, 0.15) is 0 Å². The van der Waals surface area contributed by atoms with Gasteiger partial charge in [-0.2, -0.15) is 0 Å². The maximum atomic E-state index is 11.8. The molecule has 0 spiro atoms.